The van der Waals surface area contributed by atoms with Gasteiger partial charge in [-0.15, -0.1) is 0 Å². The summed E-state index contributed by atoms with van der Waals surface area (Å²) in [7, 11) is -2.13. The number of nitrogens with zero attached hydrogens (tertiary/aromatic N) is 2. The summed E-state index contributed by atoms with van der Waals surface area (Å²) in [4.78, 5) is 22.9. The Morgan fingerprint density at radius 1 is 1.23 bits per heavy atom. The first-order valence-corrected chi connectivity index (χ1v) is 11.4. The topological polar surface area (TPSA) is 119 Å². The fourth-order valence-electron chi connectivity index (χ4n) is 3.37. The van der Waals surface area contributed by atoms with Crippen LogP contribution in [0.15, 0.2) is 41.3 Å². The quantitative estimate of drug-likeness (QED) is 0.468. The number of aryl methyl sites for hydroxylation is 1. The van der Waals surface area contributed by atoms with Gasteiger partial charge in [-0.3, -0.25) is 14.9 Å². The number of methoxy groups -OCH3 is 1. The van der Waals surface area contributed by atoms with Gasteiger partial charge in [0.1, 0.15) is 5.75 Å². The number of rotatable bonds is 8. The maximum Gasteiger partial charge on any atom is 0.271 e. The van der Waals surface area contributed by atoms with Crippen molar-refractivity contribution in [3.05, 3.63) is 57.1 Å². The van der Waals surface area contributed by atoms with Crippen LogP contribution in [0.3, 0.4) is 0 Å². The summed E-state index contributed by atoms with van der Waals surface area (Å²) in [6, 6.07) is 8.37. The molecule has 11 heteroatoms. The average Bonchev–Trinajstić information content (AvgIpc) is 3.29. The molecule has 0 saturated carbocycles. The second kappa shape index (κ2) is 9.63. The molecule has 0 bridgehead atoms. The molecule has 0 radical (unpaired) electrons. The standard InChI is InChI=1S/C20H22ClN3O6S/c1-30-19-8-6-16(31(28,29)23-10-2-3-11-23)12-14(19)4-9-20(25)22-18-13-15(24(26)27)5-7-17(18)21/h5-8,12-13H,2-4,9-11H2,1H3,(H,22,25). The third kappa shape index (κ3) is 5.33. The van der Waals surface area contributed by atoms with E-state index in [2.05, 4.69) is 5.32 Å². The Morgan fingerprint density at radius 2 is 1.94 bits per heavy atom. The number of carbonyl (C=O) groups excluding carboxylic acids is 1. The third-order valence-electron chi connectivity index (χ3n) is 5.01. The van der Waals surface area contributed by atoms with Gasteiger partial charge in [0.15, 0.2) is 0 Å². The molecule has 1 fully saturated rings. The Labute approximate surface area is 185 Å². The summed E-state index contributed by atoms with van der Waals surface area (Å²) < 4.78 is 32.4. The van der Waals surface area contributed by atoms with Gasteiger partial charge in [0.05, 0.1) is 27.6 Å². The second-order valence-corrected chi connectivity index (χ2v) is 9.40. The molecule has 0 aliphatic carbocycles. The lowest BCUT2D eigenvalue weighted by Crippen LogP contribution is -2.28. The molecule has 1 N–H and O–H groups in total. The molecule has 1 aliphatic heterocycles. The Balaban J connectivity index is 1.74. The Kier molecular flexibility index (Phi) is 7.14. The van der Waals surface area contributed by atoms with Gasteiger partial charge in [0.25, 0.3) is 5.69 Å². The minimum absolute atomic E-state index is 0.00258. The van der Waals surface area contributed by atoms with Gasteiger partial charge >= 0.3 is 0 Å². The van der Waals surface area contributed by atoms with E-state index >= 15 is 0 Å². The average molecular weight is 468 g/mol. The van der Waals surface area contributed by atoms with Crippen molar-refractivity contribution in [1.29, 1.82) is 0 Å². The molecule has 2 aromatic rings. The minimum atomic E-state index is -3.60. The van der Waals surface area contributed by atoms with E-state index in [9.17, 15) is 23.3 Å². The molecule has 1 heterocycles. The molecule has 0 atom stereocenters. The Bertz CT molecular complexity index is 1100. The van der Waals surface area contributed by atoms with Crippen LogP contribution in [0.1, 0.15) is 24.8 Å². The number of amides is 1. The van der Waals surface area contributed by atoms with Gasteiger partial charge in [0, 0.05) is 31.6 Å². The lowest BCUT2D eigenvalue weighted by molar-refractivity contribution is -0.384. The van der Waals surface area contributed by atoms with E-state index in [1.54, 1.807) is 6.07 Å². The first kappa shape index (κ1) is 23.0. The van der Waals surface area contributed by atoms with Crippen LogP contribution in [0.25, 0.3) is 0 Å². The van der Waals surface area contributed by atoms with Gasteiger partial charge in [-0.25, -0.2) is 8.42 Å². The molecule has 0 aromatic heterocycles. The Morgan fingerprint density at radius 3 is 2.58 bits per heavy atom. The molecule has 3 rings (SSSR count). The lowest BCUT2D eigenvalue weighted by Gasteiger charge is -2.17. The van der Waals surface area contributed by atoms with Crippen molar-refractivity contribution >= 4 is 38.9 Å². The van der Waals surface area contributed by atoms with Crippen LogP contribution in [-0.4, -0.2) is 43.8 Å². The van der Waals surface area contributed by atoms with E-state index in [1.807, 2.05) is 0 Å². The van der Waals surface area contributed by atoms with Crippen molar-refractivity contribution in [2.45, 2.75) is 30.6 Å². The maximum atomic E-state index is 12.8. The monoisotopic (exact) mass is 467 g/mol. The van der Waals surface area contributed by atoms with Crippen molar-refractivity contribution in [2.75, 3.05) is 25.5 Å². The summed E-state index contributed by atoms with van der Waals surface area (Å²) >= 11 is 6.01. The minimum Gasteiger partial charge on any atom is -0.496 e. The predicted octanol–water partition coefficient (Wildman–Crippen LogP) is 3.61. The second-order valence-electron chi connectivity index (χ2n) is 7.05. The van der Waals surface area contributed by atoms with Crippen molar-refractivity contribution in [1.82, 2.24) is 4.31 Å². The molecule has 1 saturated heterocycles. The van der Waals surface area contributed by atoms with Crippen LogP contribution in [-0.2, 0) is 21.2 Å². The molecule has 0 spiro atoms. The van der Waals surface area contributed by atoms with Crippen molar-refractivity contribution in [2.24, 2.45) is 0 Å². The fraction of sp³-hybridized carbons (Fsp3) is 0.350. The normalized spacial score (nSPS) is 14.4. The Hall–Kier alpha value is -2.69. The van der Waals surface area contributed by atoms with Crippen molar-refractivity contribution in [3.63, 3.8) is 0 Å². The van der Waals surface area contributed by atoms with Gasteiger partial charge in [-0.1, -0.05) is 11.6 Å². The number of halogens is 1. The molecule has 1 aliphatic rings. The molecule has 0 unspecified atom stereocenters. The van der Waals surface area contributed by atoms with Gasteiger partial charge in [-0.2, -0.15) is 4.31 Å². The number of sulfonamides is 1. The van der Waals surface area contributed by atoms with E-state index in [4.69, 9.17) is 16.3 Å². The van der Waals surface area contributed by atoms with E-state index < -0.39 is 20.9 Å². The zero-order valence-electron chi connectivity index (χ0n) is 16.8. The van der Waals surface area contributed by atoms with Crippen LogP contribution >= 0.6 is 11.6 Å². The zero-order valence-corrected chi connectivity index (χ0v) is 18.4. The van der Waals surface area contributed by atoms with E-state index in [1.165, 1.54) is 41.7 Å². The molecule has 1 amide bonds. The summed E-state index contributed by atoms with van der Waals surface area (Å²) in [5, 5.41) is 13.7. The van der Waals surface area contributed by atoms with Crippen molar-refractivity contribution < 1.29 is 22.9 Å². The molecule has 9 nitrogen and oxygen atoms in total. The number of nitro groups is 1. The first-order valence-electron chi connectivity index (χ1n) is 9.63. The third-order valence-corrected chi connectivity index (χ3v) is 7.24. The van der Waals surface area contributed by atoms with E-state index in [0.29, 0.717) is 24.4 Å². The number of nitrogens with one attached hydrogen (secondary N) is 1. The van der Waals surface area contributed by atoms with Crippen LogP contribution in [0.4, 0.5) is 11.4 Å². The number of hydrogen-bond donors (Lipinski definition) is 1. The van der Waals surface area contributed by atoms with Crippen LogP contribution < -0.4 is 10.1 Å². The fourth-order valence-corrected chi connectivity index (χ4v) is 5.10. The van der Waals surface area contributed by atoms with Gasteiger partial charge in [-0.05, 0) is 49.1 Å². The molecule has 166 valence electrons. The van der Waals surface area contributed by atoms with Crippen LogP contribution in [0, 0.1) is 10.1 Å². The number of anilines is 1. The maximum absolute atomic E-state index is 12.8. The SMILES string of the molecule is COc1ccc(S(=O)(=O)N2CCCC2)cc1CCC(=O)Nc1cc([N+](=O)[O-])ccc1Cl. The van der Waals surface area contributed by atoms with Gasteiger partial charge in [0.2, 0.25) is 15.9 Å². The summed E-state index contributed by atoms with van der Waals surface area (Å²) in [6.45, 7) is 0.992. The highest BCUT2D eigenvalue weighted by Gasteiger charge is 2.27. The van der Waals surface area contributed by atoms with Crippen LogP contribution in [0.2, 0.25) is 5.02 Å². The van der Waals surface area contributed by atoms with Crippen molar-refractivity contribution in [3.8, 4) is 5.75 Å². The predicted molar refractivity (Wildman–Crippen MR) is 116 cm³/mol. The van der Waals surface area contributed by atoms with E-state index in [0.717, 1.165) is 12.8 Å². The summed E-state index contributed by atoms with van der Waals surface area (Å²) in [5.41, 5.74) is 0.516. The smallest absolute Gasteiger partial charge is 0.271 e. The largest absolute Gasteiger partial charge is 0.496 e. The number of nitro benzene ring substituents is 1. The molecular formula is C20H22ClN3O6S. The highest BCUT2D eigenvalue weighted by atomic mass is 35.5. The zero-order chi connectivity index (χ0) is 22.6. The number of non-ortho nitro benzene ring substituents is 1. The number of hydrogen-bond acceptors (Lipinski definition) is 6. The number of benzene rings is 2. The van der Waals surface area contributed by atoms with E-state index in [-0.39, 0.29) is 34.1 Å². The highest BCUT2D eigenvalue weighted by Crippen LogP contribution is 2.29. The molecule has 31 heavy (non-hydrogen) atoms. The summed E-state index contributed by atoms with van der Waals surface area (Å²) in [6.07, 6.45) is 1.89. The number of carbonyl (C=O) groups is 1. The number of ether oxygens (including phenoxy) is 1. The van der Waals surface area contributed by atoms with Crippen LogP contribution in [0.5, 0.6) is 5.75 Å². The van der Waals surface area contributed by atoms with Gasteiger partial charge < -0.3 is 10.1 Å². The summed E-state index contributed by atoms with van der Waals surface area (Å²) in [5.74, 6) is 0.0545. The molecular weight excluding hydrogens is 446 g/mol. The molecule has 2 aromatic carbocycles. The highest BCUT2D eigenvalue weighted by molar-refractivity contribution is 7.89. The lowest BCUT2D eigenvalue weighted by atomic mass is 10.1. The first-order chi connectivity index (χ1) is 14.7.